The average molecular weight is 631 g/mol. The van der Waals surface area contributed by atoms with E-state index in [1.54, 1.807) is 0 Å². The summed E-state index contributed by atoms with van der Waals surface area (Å²) in [7, 11) is 0. The first-order valence-corrected chi connectivity index (χ1v) is 13.5. The molecule has 2 aromatic carbocycles. The number of hydrogen-bond donors (Lipinski definition) is 10. The second kappa shape index (κ2) is 11.8. The molecular weight excluding hydrogens is 600 g/mol. The number of alkyl halides is 1. The lowest BCUT2D eigenvalue weighted by atomic mass is 9.98. The van der Waals surface area contributed by atoms with Gasteiger partial charge in [0, 0.05) is 29.7 Å². The van der Waals surface area contributed by atoms with Crippen molar-refractivity contribution in [2.75, 3.05) is 6.61 Å². The molecule has 2 saturated heterocycles. The predicted molar refractivity (Wildman–Crippen MR) is 142 cm³/mol. The molecule has 236 valence electrons. The minimum Gasteiger partial charge on any atom is -0.508 e. The van der Waals surface area contributed by atoms with Gasteiger partial charge in [0.15, 0.2) is 29.7 Å². The zero-order chi connectivity index (χ0) is 31.4. The monoisotopic (exact) mass is 630 g/mol. The van der Waals surface area contributed by atoms with Gasteiger partial charge in [-0.3, -0.25) is 0 Å². The Balaban J connectivity index is 1.44. The number of fused-ring (bicyclic) bond motifs is 1. The van der Waals surface area contributed by atoms with Gasteiger partial charge in [-0.1, -0.05) is 0 Å². The maximum Gasteiger partial charge on any atom is 0.320 e. The third kappa shape index (κ3) is 5.88. The molecule has 0 bridgehead atoms. The minimum atomic E-state index is -2.63. The Morgan fingerprint density at radius 3 is 2.28 bits per heavy atom. The highest BCUT2D eigenvalue weighted by molar-refractivity contribution is 6.22. The molecule has 10 atom stereocenters. The van der Waals surface area contributed by atoms with E-state index in [1.165, 1.54) is 19.1 Å². The van der Waals surface area contributed by atoms with Crippen LogP contribution in [0.2, 0.25) is 0 Å². The fraction of sp³-hybridized carbons (Fsp3) is 0.481. The van der Waals surface area contributed by atoms with E-state index in [-0.39, 0.29) is 46.3 Å². The Bertz CT molecular complexity index is 1390. The van der Waals surface area contributed by atoms with Gasteiger partial charge in [-0.2, -0.15) is 0 Å². The highest BCUT2D eigenvalue weighted by Crippen LogP contribution is 2.46. The topological polar surface area (TPSA) is 248 Å². The van der Waals surface area contributed by atoms with Gasteiger partial charge in [0.25, 0.3) is 0 Å². The van der Waals surface area contributed by atoms with Gasteiger partial charge in [0.05, 0.1) is 12.7 Å². The molecule has 43 heavy (non-hydrogen) atoms. The number of aliphatic hydroxyl groups excluding tert-OH is 6. The number of halogens is 1. The van der Waals surface area contributed by atoms with Crippen LogP contribution in [0.25, 0.3) is 5.76 Å². The minimum absolute atomic E-state index is 0.00968. The molecule has 3 aliphatic heterocycles. The molecule has 0 aliphatic carbocycles. The van der Waals surface area contributed by atoms with Crippen LogP contribution in [0.1, 0.15) is 18.1 Å². The molecule has 0 aromatic heterocycles. The Kier molecular flexibility index (Phi) is 8.58. The number of allylic oxidation sites excluding steroid dienone is 1. The molecule has 16 heteroatoms. The third-order valence-corrected chi connectivity index (χ3v) is 7.82. The van der Waals surface area contributed by atoms with Crippen molar-refractivity contribution in [2.24, 2.45) is 0 Å². The van der Waals surface area contributed by atoms with Gasteiger partial charge in [0.1, 0.15) is 59.6 Å². The van der Waals surface area contributed by atoms with Crippen LogP contribution in [-0.4, -0.2) is 118 Å². The van der Waals surface area contributed by atoms with E-state index in [0.717, 1.165) is 18.2 Å². The van der Waals surface area contributed by atoms with Crippen molar-refractivity contribution in [3.8, 4) is 28.7 Å². The van der Waals surface area contributed by atoms with Gasteiger partial charge in [0.2, 0.25) is 0 Å². The van der Waals surface area contributed by atoms with Crippen LogP contribution in [0.3, 0.4) is 0 Å². The summed E-state index contributed by atoms with van der Waals surface area (Å²) in [4.78, 5) is 0. The average Bonchev–Trinajstić information content (AvgIpc) is 2.96. The zero-order valence-corrected chi connectivity index (χ0v) is 23.1. The summed E-state index contributed by atoms with van der Waals surface area (Å²) < 4.78 is 28.2. The Morgan fingerprint density at radius 1 is 0.860 bits per heavy atom. The van der Waals surface area contributed by atoms with Crippen LogP contribution in [0, 0.1) is 0 Å². The molecule has 0 amide bonds. The second-order valence-electron chi connectivity index (χ2n) is 10.5. The van der Waals surface area contributed by atoms with Crippen molar-refractivity contribution >= 4 is 17.4 Å². The molecule has 10 N–H and O–H groups in total. The van der Waals surface area contributed by atoms with Crippen molar-refractivity contribution in [1.82, 2.24) is 0 Å². The number of aliphatic hydroxyl groups is 6. The second-order valence-corrected chi connectivity index (χ2v) is 11.0. The zero-order valence-electron chi connectivity index (χ0n) is 22.4. The number of rotatable bonds is 6. The van der Waals surface area contributed by atoms with E-state index < -0.39 is 78.5 Å². The number of phenols is 4. The van der Waals surface area contributed by atoms with Crippen molar-refractivity contribution in [3.63, 3.8) is 0 Å². The highest BCUT2D eigenvalue weighted by atomic mass is 35.5. The largest absolute Gasteiger partial charge is 0.508 e. The molecule has 0 spiro atoms. The molecule has 5 rings (SSSR count). The number of benzene rings is 2. The van der Waals surface area contributed by atoms with E-state index in [0.29, 0.717) is 0 Å². The lowest BCUT2D eigenvalue weighted by molar-refractivity contribution is -0.336. The fourth-order valence-corrected chi connectivity index (χ4v) is 5.28. The molecule has 15 nitrogen and oxygen atoms in total. The Labute approximate surface area is 248 Å². The third-order valence-electron chi connectivity index (χ3n) is 7.43. The molecular formula is C27H31ClO15. The molecule has 0 radical (unpaired) electrons. The van der Waals surface area contributed by atoms with E-state index in [4.69, 9.17) is 35.3 Å². The molecule has 2 aromatic rings. The summed E-state index contributed by atoms with van der Waals surface area (Å²) in [5.74, 6) is -2.01. The maximum absolute atomic E-state index is 10.8. The van der Waals surface area contributed by atoms with Gasteiger partial charge in [-0.05, 0) is 36.7 Å². The Hall–Kier alpha value is -3.09. The summed E-state index contributed by atoms with van der Waals surface area (Å²) in [5, 5.41) is 99.8. The standard InChI is InChI=1S/C27H31ClO15/c1-9-19(33)21(35)23(37)26(40-9)39-8-18-20(34)22(36)25(38)27(28,43-18)42-17-7-12-14(31)5-11(29)6-16(12)41-24(17)10-2-3-13(30)15(32)4-10/h2-6,9,18-23,25-26,29-38H,7-8H2,1H3. The van der Waals surface area contributed by atoms with Crippen molar-refractivity contribution in [1.29, 1.82) is 0 Å². The lowest BCUT2D eigenvalue weighted by Crippen LogP contribution is -2.64. The molecule has 10 unspecified atom stereocenters. The van der Waals surface area contributed by atoms with Crippen molar-refractivity contribution in [2.45, 2.75) is 73.7 Å². The van der Waals surface area contributed by atoms with Gasteiger partial charge >= 0.3 is 5.25 Å². The first-order chi connectivity index (χ1) is 20.2. The number of hydrogen-bond acceptors (Lipinski definition) is 15. The highest BCUT2D eigenvalue weighted by Gasteiger charge is 2.56. The van der Waals surface area contributed by atoms with E-state index >= 15 is 0 Å². The van der Waals surface area contributed by atoms with Gasteiger partial charge in [-0.15, -0.1) is 0 Å². The van der Waals surface area contributed by atoms with Crippen molar-refractivity contribution < 1.29 is 74.7 Å². The quantitative estimate of drug-likeness (QED) is 0.136. The number of phenolic OH excluding ortho intramolecular Hbond substituents is 4. The van der Waals surface area contributed by atoms with Crippen molar-refractivity contribution in [3.05, 3.63) is 47.2 Å². The van der Waals surface area contributed by atoms with Crippen LogP contribution in [0.5, 0.6) is 28.7 Å². The summed E-state index contributed by atoms with van der Waals surface area (Å²) in [6, 6.07) is 5.88. The summed E-state index contributed by atoms with van der Waals surface area (Å²) in [6.45, 7) is 0.819. The van der Waals surface area contributed by atoms with E-state index in [1.807, 2.05) is 0 Å². The summed E-state index contributed by atoms with van der Waals surface area (Å²) in [6.07, 6.45) is -14.7. The van der Waals surface area contributed by atoms with Crippen LogP contribution in [0.15, 0.2) is 36.1 Å². The number of ether oxygens (including phenoxy) is 5. The summed E-state index contributed by atoms with van der Waals surface area (Å²) in [5.41, 5.74) is 0.256. The fourth-order valence-electron chi connectivity index (χ4n) is 4.94. The first kappa shape index (κ1) is 31.3. The van der Waals surface area contributed by atoms with Gasteiger partial charge < -0.3 is 74.7 Å². The molecule has 2 fully saturated rings. The SMILES string of the molecule is CC1OC(OCC2OC(Cl)(OC3=C(c4ccc(O)c(O)c4)Oc4cc(O)cc(O)c4C3)C(O)C(O)C2O)C(O)C(O)C1O. The summed E-state index contributed by atoms with van der Waals surface area (Å²) >= 11 is 6.57. The smallest absolute Gasteiger partial charge is 0.320 e. The maximum atomic E-state index is 10.8. The van der Waals surface area contributed by atoms with Gasteiger partial charge in [-0.25, -0.2) is 0 Å². The van der Waals surface area contributed by atoms with E-state index in [9.17, 15) is 51.1 Å². The Morgan fingerprint density at radius 2 is 1.58 bits per heavy atom. The number of aromatic hydroxyl groups is 4. The van der Waals surface area contributed by atoms with Crippen LogP contribution >= 0.6 is 11.6 Å². The molecule has 3 heterocycles. The van der Waals surface area contributed by atoms with Crippen LogP contribution in [-0.2, 0) is 25.4 Å². The molecule has 0 saturated carbocycles. The van der Waals surface area contributed by atoms with E-state index in [2.05, 4.69) is 0 Å². The molecule has 3 aliphatic rings. The van der Waals surface area contributed by atoms with Crippen LogP contribution < -0.4 is 4.74 Å². The predicted octanol–water partition coefficient (Wildman–Crippen LogP) is -0.953. The normalized spacial score (nSPS) is 36.1. The first-order valence-electron chi connectivity index (χ1n) is 13.1. The van der Waals surface area contributed by atoms with Crippen LogP contribution in [0.4, 0.5) is 0 Å². The lowest BCUT2D eigenvalue weighted by Gasteiger charge is -2.46.